The van der Waals surface area contributed by atoms with Crippen LogP contribution in [0.5, 0.6) is 11.5 Å². The summed E-state index contributed by atoms with van der Waals surface area (Å²) >= 11 is 0. The molecule has 1 unspecified atom stereocenters. The van der Waals surface area contributed by atoms with Crippen LogP contribution in [-0.4, -0.2) is 40.9 Å². The minimum Gasteiger partial charge on any atom is -0.492 e. The Morgan fingerprint density at radius 3 is 2.57 bits per heavy atom. The van der Waals surface area contributed by atoms with Gasteiger partial charge in [0, 0.05) is 35.5 Å². The van der Waals surface area contributed by atoms with E-state index in [1.54, 1.807) is 23.1 Å². The predicted octanol–water partition coefficient (Wildman–Crippen LogP) is 4.43. The summed E-state index contributed by atoms with van der Waals surface area (Å²) in [5.41, 5.74) is 1.49. The zero-order valence-corrected chi connectivity index (χ0v) is 19.2. The number of ether oxygens (including phenoxy) is 2. The second kappa shape index (κ2) is 10.7. The number of rotatable bonds is 8. The number of nitrogens with zero attached hydrogens (tertiary/aromatic N) is 2. The smallest absolute Gasteiger partial charge is 0.269 e. The maximum atomic E-state index is 13.0. The lowest BCUT2D eigenvalue weighted by atomic mass is 10.1. The predicted molar refractivity (Wildman–Crippen MR) is 130 cm³/mol. The molecule has 1 heterocycles. The number of anilines is 1. The van der Waals surface area contributed by atoms with Crippen LogP contribution in [0.25, 0.3) is 0 Å². The molecule has 0 fully saturated rings. The molecule has 0 radical (unpaired) electrons. The molecular weight excluding hydrogens is 450 g/mol. The molecule has 1 atom stereocenters. The number of nitro benzene ring substituents is 1. The molecule has 0 aliphatic carbocycles. The summed E-state index contributed by atoms with van der Waals surface area (Å²) in [5, 5.41) is 13.6. The first kappa shape index (κ1) is 23.7. The standard InChI is InChI=1S/C26H25N3O6/c1-2-23-26(31)28(14-15-34-22-6-4-3-5-7-22)17-19-16-20(10-13-24(19)35-23)27-25(30)18-8-11-21(12-9-18)29(32)33/h3-13,16,23H,2,14-15,17H2,1H3,(H,27,30). The van der Waals surface area contributed by atoms with Crippen LogP contribution in [-0.2, 0) is 11.3 Å². The summed E-state index contributed by atoms with van der Waals surface area (Å²) in [6, 6.07) is 20.0. The molecule has 0 bridgehead atoms. The van der Waals surface area contributed by atoms with Crippen LogP contribution in [0.3, 0.4) is 0 Å². The van der Waals surface area contributed by atoms with Crippen molar-refractivity contribution in [1.29, 1.82) is 0 Å². The number of hydrogen-bond acceptors (Lipinski definition) is 6. The largest absolute Gasteiger partial charge is 0.492 e. The molecule has 1 aliphatic heterocycles. The van der Waals surface area contributed by atoms with Crippen molar-refractivity contribution < 1.29 is 24.0 Å². The third-order valence-electron chi connectivity index (χ3n) is 5.62. The zero-order chi connectivity index (χ0) is 24.8. The molecule has 2 amide bonds. The van der Waals surface area contributed by atoms with E-state index in [1.165, 1.54) is 24.3 Å². The maximum absolute atomic E-state index is 13.0. The molecule has 1 N–H and O–H groups in total. The van der Waals surface area contributed by atoms with Gasteiger partial charge in [-0.3, -0.25) is 19.7 Å². The number of non-ortho nitro benzene ring substituents is 1. The lowest BCUT2D eigenvalue weighted by Gasteiger charge is -2.23. The maximum Gasteiger partial charge on any atom is 0.269 e. The van der Waals surface area contributed by atoms with Crippen LogP contribution in [0.2, 0.25) is 0 Å². The second-order valence-electron chi connectivity index (χ2n) is 8.02. The van der Waals surface area contributed by atoms with Gasteiger partial charge in [-0.1, -0.05) is 25.1 Å². The van der Waals surface area contributed by atoms with Crippen molar-refractivity contribution in [3.05, 3.63) is 94.0 Å². The Hall–Kier alpha value is -4.40. The number of carbonyl (C=O) groups excluding carboxylic acids is 2. The fraction of sp³-hybridized carbons (Fsp3) is 0.231. The normalized spacial score (nSPS) is 14.9. The molecule has 1 aliphatic rings. The first-order chi connectivity index (χ1) is 16.9. The third kappa shape index (κ3) is 5.75. The summed E-state index contributed by atoms with van der Waals surface area (Å²) < 4.78 is 11.8. The van der Waals surface area contributed by atoms with Gasteiger partial charge in [-0.05, 0) is 48.9 Å². The van der Waals surface area contributed by atoms with Crippen molar-refractivity contribution in [2.75, 3.05) is 18.5 Å². The van der Waals surface area contributed by atoms with Crippen LogP contribution in [0.1, 0.15) is 29.3 Å². The second-order valence-corrected chi connectivity index (χ2v) is 8.02. The van der Waals surface area contributed by atoms with E-state index in [9.17, 15) is 19.7 Å². The number of nitro groups is 1. The van der Waals surface area contributed by atoms with Crippen molar-refractivity contribution in [2.24, 2.45) is 0 Å². The number of para-hydroxylation sites is 1. The van der Waals surface area contributed by atoms with Crippen LogP contribution in [0.4, 0.5) is 11.4 Å². The van der Waals surface area contributed by atoms with Crippen molar-refractivity contribution >= 4 is 23.2 Å². The molecule has 4 rings (SSSR count). The minimum absolute atomic E-state index is 0.0878. The van der Waals surface area contributed by atoms with Gasteiger partial charge in [0.15, 0.2) is 6.10 Å². The molecule has 3 aromatic carbocycles. The highest BCUT2D eigenvalue weighted by Gasteiger charge is 2.30. The van der Waals surface area contributed by atoms with Crippen molar-refractivity contribution in [2.45, 2.75) is 26.0 Å². The summed E-state index contributed by atoms with van der Waals surface area (Å²) in [5.74, 6) is 0.807. The molecule has 180 valence electrons. The van der Waals surface area contributed by atoms with E-state index in [1.807, 2.05) is 37.3 Å². The third-order valence-corrected chi connectivity index (χ3v) is 5.62. The van der Waals surface area contributed by atoms with E-state index in [0.717, 1.165) is 11.3 Å². The van der Waals surface area contributed by atoms with Gasteiger partial charge in [0.25, 0.3) is 17.5 Å². The van der Waals surface area contributed by atoms with Gasteiger partial charge in [-0.15, -0.1) is 0 Å². The van der Waals surface area contributed by atoms with Gasteiger partial charge in [-0.25, -0.2) is 0 Å². The fourth-order valence-electron chi connectivity index (χ4n) is 3.76. The highest BCUT2D eigenvalue weighted by Crippen LogP contribution is 2.29. The van der Waals surface area contributed by atoms with E-state index in [-0.39, 0.29) is 11.6 Å². The average molecular weight is 476 g/mol. The number of fused-ring (bicyclic) bond motifs is 1. The van der Waals surface area contributed by atoms with Gasteiger partial charge in [0.1, 0.15) is 18.1 Å². The number of hydrogen-bond donors (Lipinski definition) is 1. The van der Waals surface area contributed by atoms with Crippen LogP contribution in [0.15, 0.2) is 72.8 Å². The van der Waals surface area contributed by atoms with E-state index < -0.39 is 16.9 Å². The molecule has 0 saturated carbocycles. The van der Waals surface area contributed by atoms with Crippen LogP contribution < -0.4 is 14.8 Å². The van der Waals surface area contributed by atoms with E-state index in [2.05, 4.69) is 5.32 Å². The summed E-state index contributed by atoms with van der Waals surface area (Å²) in [4.78, 5) is 37.7. The Morgan fingerprint density at radius 1 is 1.14 bits per heavy atom. The number of nitrogens with one attached hydrogen (secondary N) is 1. The van der Waals surface area contributed by atoms with Gasteiger partial charge < -0.3 is 19.7 Å². The van der Waals surface area contributed by atoms with Gasteiger partial charge >= 0.3 is 0 Å². The Kier molecular flexibility index (Phi) is 7.25. The summed E-state index contributed by atoms with van der Waals surface area (Å²) in [6.07, 6.45) is -0.0824. The van der Waals surface area contributed by atoms with Crippen LogP contribution in [0, 0.1) is 10.1 Å². The van der Waals surface area contributed by atoms with Gasteiger partial charge in [0.05, 0.1) is 11.5 Å². The average Bonchev–Trinajstić information content (AvgIpc) is 3.00. The van der Waals surface area contributed by atoms with E-state index in [0.29, 0.717) is 43.1 Å². The van der Waals surface area contributed by atoms with Crippen molar-refractivity contribution in [3.8, 4) is 11.5 Å². The van der Waals surface area contributed by atoms with E-state index >= 15 is 0 Å². The molecule has 0 saturated heterocycles. The van der Waals surface area contributed by atoms with Crippen LogP contribution >= 0.6 is 0 Å². The van der Waals surface area contributed by atoms with Gasteiger partial charge in [-0.2, -0.15) is 0 Å². The van der Waals surface area contributed by atoms with Crippen molar-refractivity contribution in [1.82, 2.24) is 4.90 Å². The first-order valence-corrected chi connectivity index (χ1v) is 11.3. The Balaban J connectivity index is 1.47. The first-order valence-electron chi connectivity index (χ1n) is 11.3. The Morgan fingerprint density at radius 2 is 1.89 bits per heavy atom. The topological polar surface area (TPSA) is 111 Å². The molecule has 3 aromatic rings. The minimum atomic E-state index is -0.603. The summed E-state index contributed by atoms with van der Waals surface area (Å²) in [7, 11) is 0. The number of carbonyl (C=O) groups is 2. The van der Waals surface area contributed by atoms with Crippen molar-refractivity contribution in [3.63, 3.8) is 0 Å². The SMILES string of the molecule is CCC1Oc2ccc(NC(=O)c3ccc([N+](=O)[O-])cc3)cc2CN(CCOc2ccccc2)C1=O. The molecule has 35 heavy (non-hydrogen) atoms. The highest BCUT2D eigenvalue weighted by molar-refractivity contribution is 6.04. The van der Waals surface area contributed by atoms with E-state index in [4.69, 9.17) is 9.47 Å². The summed E-state index contributed by atoms with van der Waals surface area (Å²) in [6.45, 7) is 2.92. The Bertz CT molecular complexity index is 1210. The quantitative estimate of drug-likeness (QED) is 0.381. The molecule has 0 spiro atoms. The fourth-order valence-corrected chi connectivity index (χ4v) is 3.76. The lowest BCUT2D eigenvalue weighted by Crippen LogP contribution is -2.41. The zero-order valence-electron chi connectivity index (χ0n) is 19.2. The Labute approximate surface area is 202 Å². The molecule has 9 nitrogen and oxygen atoms in total. The number of amides is 2. The monoisotopic (exact) mass is 475 g/mol. The number of benzene rings is 3. The molecule has 9 heteroatoms. The molecular formula is C26H25N3O6. The lowest BCUT2D eigenvalue weighted by molar-refractivity contribution is -0.384. The highest BCUT2D eigenvalue weighted by atomic mass is 16.6. The molecule has 0 aromatic heterocycles. The van der Waals surface area contributed by atoms with Gasteiger partial charge in [0.2, 0.25) is 0 Å².